The van der Waals surface area contributed by atoms with Crippen molar-refractivity contribution in [3.63, 3.8) is 0 Å². The molecule has 1 N–H and O–H groups in total. The number of carboxylic acids is 1. The molecule has 0 aromatic heterocycles. The molecule has 3 aromatic rings. The van der Waals surface area contributed by atoms with Gasteiger partial charge in [-0.1, -0.05) is 48.5 Å². The number of carboxylic acid groups (broad SMARTS) is 1. The van der Waals surface area contributed by atoms with Gasteiger partial charge < -0.3 is 14.0 Å². The van der Waals surface area contributed by atoms with Crippen LogP contribution in [0.15, 0.2) is 83.8 Å². The number of rotatable bonds is 10. The van der Waals surface area contributed by atoms with E-state index in [0.29, 0.717) is 11.5 Å². The first-order valence-corrected chi connectivity index (χ1v) is 13.6. The predicted molar refractivity (Wildman–Crippen MR) is 138 cm³/mol. The number of benzene rings is 3. The first-order chi connectivity index (χ1) is 15.7. The molecule has 0 fully saturated rings. The Kier molecular flexibility index (Phi) is 8.81. The molecular formula is C24H21IO6S2. The van der Waals surface area contributed by atoms with E-state index in [9.17, 15) is 13.2 Å². The minimum absolute atomic E-state index is 0.266. The number of aliphatic carboxylic acids is 1. The van der Waals surface area contributed by atoms with E-state index in [-0.39, 0.29) is 12.4 Å². The molecule has 6 nitrogen and oxygen atoms in total. The third kappa shape index (κ3) is 8.09. The van der Waals surface area contributed by atoms with Crippen molar-refractivity contribution in [3.05, 3.63) is 93.6 Å². The molecule has 0 bridgehead atoms. The summed E-state index contributed by atoms with van der Waals surface area (Å²) in [7, 11) is -3.58. The zero-order valence-electron chi connectivity index (χ0n) is 17.6. The van der Waals surface area contributed by atoms with E-state index >= 15 is 0 Å². The minimum Gasteiger partial charge on any atom is -0.481 e. The SMILES string of the molecule is CS(=O)(=O)Oc1ccc(/C(=C\CSc2ccc(OCC(=O)O)c(I)c2)c2ccccc2)cc1. The summed E-state index contributed by atoms with van der Waals surface area (Å²) in [4.78, 5) is 11.7. The lowest BCUT2D eigenvalue weighted by molar-refractivity contribution is -0.139. The quantitative estimate of drug-likeness (QED) is 0.193. The monoisotopic (exact) mass is 596 g/mol. The number of ether oxygens (including phenoxy) is 1. The zero-order valence-corrected chi connectivity index (χ0v) is 21.4. The van der Waals surface area contributed by atoms with Crippen LogP contribution in [0.25, 0.3) is 5.57 Å². The Balaban J connectivity index is 1.78. The Morgan fingerprint density at radius 2 is 1.70 bits per heavy atom. The average molecular weight is 596 g/mol. The number of thioether (sulfide) groups is 1. The van der Waals surface area contributed by atoms with Crippen molar-refractivity contribution in [2.24, 2.45) is 0 Å². The summed E-state index contributed by atoms with van der Waals surface area (Å²) in [5.41, 5.74) is 3.00. The highest BCUT2D eigenvalue weighted by molar-refractivity contribution is 14.1. The molecule has 0 amide bonds. The van der Waals surface area contributed by atoms with Crippen LogP contribution in [0, 0.1) is 3.57 Å². The van der Waals surface area contributed by atoms with Gasteiger partial charge in [0, 0.05) is 10.6 Å². The Morgan fingerprint density at radius 1 is 1.03 bits per heavy atom. The fourth-order valence-electron chi connectivity index (χ4n) is 2.93. The molecule has 0 atom stereocenters. The van der Waals surface area contributed by atoms with Crippen molar-refractivity contribution in [1.29, 1.82) is 0 Å². The molecule has 0 radical (unpaired) electrons. The van der Waals surface area contributed by atoms with E-state index in [4.69, 9.17) is 14.0 Å². The highest BCUT2D eigenvalue weighted by atomic mass is 127. The fraction of sp³-hybridized carbons (Fsp3) is 0.125. The first-order valence-electron chi connectivity index (χ1n) is 9.74. The van der Waals surface area contributed by atoms with E-state index in [2.05, 4.69) is 28.7 Å². The maximum Gasteiger partial charge on any atom is 0.341 e. The van der Waals surface area contributed by atoms with Crippen LogP contribution in [-0.4, -0.2) is 38.1 Å². The van der Waals surface area contributed by atoms with Gasteiger partial charge in [0.1, 0.15) is 11.5 Å². The number of hydrogen-bond donors (Lipinski definition) is 1. The van der Waals surface area contributed by atoms with Crippen LogP contribution in [0.2, 0.25) is 0 Å². The van der Waals surface area contributed by atoms with Gasteiger partial charge in [0.15, 0.2) is 6.61 Å². The van der Waals surface area contributed by atoms with E-state index in [1.54, 1.807) is 30.0 Å². The van der Waals surface area contributed by atoms with Gasteiger partial charge in [0.25, 0.3) is 0 Å². The summed E-state index contributed by atoms with van der Waals surface area (Å²) < 4.78 is 33.8. The van der Waals surface area contributed by atoms with E-state index < -0.39 is 16.1 Å². The Morgan fingerprint density at radius 3 is 2.30 bits per heavy atom. The summed E-state index contributed by atoms with van der Waals surface area (Å²) in [6.45, 7) is -0.375. The second-order valence-corrected chi connectivity index (χ2v) is 10.7. The standard InChI is InChI=1S/C24H21IO6S2/c1-33(28,29)31-19-9-7-18(8-10-19)21(17-5-3-2-4-6-17)13-14-32-20-11-12-23(22(25)15-20)30-16-24(26)27/h2-13,15H,14,16H2,1H3,(H,26,27)/b21-13-. The van der Waals surface area contributed by atoms with Crippen LogP contribution in [0.3, 0.4) is 0 Å². The van der Waals surface area contributed by atoms with Crippen molar-refractivity contribution in [2.45, 2.75) is 4.90 Å². The molecule has 9 heteroatoms. The molecule has 33 heavy (non-hydrogen) atoms. The molecule has 0 spiro atoms. The lowest BCUT2D eigenvalue weighted by Gasteiger charge is -2.11. The summed E-state index contributed by atoms with van der Waals surface area (Å²) in [6, 6.07) is 22.5. The van der Waals surface area contributed by atoms with E-state index in [1.165, 1.54) is 0 Å². The second-order valence-electron chi connectivity index (χ2n) is 6.88. The Hall–Kier alpha value is -2.50. The molecule has 0 saturated carbocycles. The van der Waals surface area contributed by atoms with E-state index in [0.717, 1.165) is 31.4 Å². The lowest BCUT2D eigenvalue weighted by Crippen LogP contribution is -2.10. The molecule has 3 aromatic carbocycles. The number of hydrogen-bond acceptors (Lipinski definition) is 6. The Bertz CT molecular complexity index is 1240. The van der Waals surface area contributed by atoms with Crippen molar-refractivity contribution in [1.82, 2.24) is 0 Å². The Labute approximate surface area is 210 Å². The molecule has 0 aliphatic heterocycles. The van der Waals surface area contributed by atoms with Crippen LogP contribution in [0.4, 0.5) is 0 Å². The highest BCUT2D eigenvalue weighted by Crippen LogP contribution is 2.30. The molecule has 3 rings (SSSR count). The smallest absolute Gasteiger partial charge is 0.341 e. The van der Waals surface area contributed by atoms with Crippen LogP contribution in [0.5, 0.6) is 11.5 Å². The normalized spacial score (nSPS) is 11.8. The topological polar surface area (TPSA) is 89.9 Å². The van der Waals surface area contributed by atoms with Crippen LogP contribution in [0.1, 0.15) is 11.1 Å². The molecule has 0 saturated heterocycles. The van der Waals surface area contributed by atoms with Gasteiger partial charge in [-0.25, -0.2) is 4.79 Å². The first kappa shape index (κ1) is 25.1. The molecule has 0 unspecified atom stereocenters. The van der Waals surface area contributed by atoms with Gasteiger partial charge in [0.2, 0.25) is 0 Å². The molecule has 172 valence electrons. The van der Waals surface area contributed by atoms with Crippen LogP contribution >= 0.6 is 34.4 Å². The van der Waals surface area contributed by atoms with Crippen LogP contribution in [-0.2, 0) is 14.9 Å². The molecule has 0 aliphatic carbocycles. The maximum absolute atomic E-state index is 11.4. The van der Waals surface area contributed by atoms with E-state index in [1.807, 2.05) is 54.6 Å². The van der Waals surface area contributed by atoms with Gasteiger partial charge in [-0.15, -0.1) is 11.8 Å². The van der Waals surface area contributed by atoms with Crippen molar-refractivity contribution < 1.29 is 27.2 Å². The lowest BCUT2D eigenvalue weighted by atomic mass is 9.98. The van der Waals surface area contributed by atoms with Crippen LogP contribution < -0.4 is 8.92 Å². The third-order valence-electron chi connectivity index (χ3n) is 4.29. The van der Waals surface area contributed by atoms with Gasteiger partial charge in [-0.05, 0) is 69.6 Å². The molecule has 0 heterocycles. The number of halogens is 1. The zero-order chi connectivity index (χ0) is 23.8. The van der Waals surface area contributed by atoms with Crippen molar-refractivity contribution in [3.8, 4) is 11.5 Å². The highest BCUT2D eigenvalue weighted by Gasteiger charge is 2.09. The average Bonchev–Trinajstić information content (AvgIpc) is 2.76. The fourth-order valence-corrected chi connectivity index (χ4v) is 5.08. The third-order valence-corrected chi connectivity index (χ3v) is 6.55. The maximum atomic E-state index is 11.4. The summed E-state index contributed by atoms with van der Waals surface area (Å²) in [6.07, 6.45) is 3.13. The summed E-state index contributed by atoms with van der Waals surface area (Å²) >= 11 is 3.77. The second kappa shape index (κ2) is 11.6. The van der Waals surface area contributed by atoms with Gasteiger partial charge in [-0.2, -0.15) is 8.42 Å². The van der Waals surface area contributed by atoms with Crippen molar-refractivity contribution >= 4 is 56.0 Å². The van der Waals surface area contributed by atoms with Gasteiger partial charge in [0.05, 0.1) is 9.83 Å². The number of carbonyl (C=O) groups is 1. The van der Waals surface area contributed by atoms with Gasteiger partial charge in [-0.3, -0.25) is 0 Å². The minimum atomic E-state index is -3.58. The molecule has 0 aliphatic rings. The van der Waals surface area contributed by atoms with Gasteiger partial charge >= 0.3 is 16.1 Å². The molecular weight excluding hydrogens is 575 g/mol. The largest absolute Gasteiger partial charge is 0.481 e. The predicted octanol–water partition coefficient (Wildman–Crippen LogP) is 5.32. The van der Waals surface area contributed by atoms with Crippen molar-refractivity contribution in [2.75, 3.05) is 18.6 Å². The summed E-state index contributed by atoms with van der Waals surface area (Å²) in [5, 5.41) is 8.77. The summed E-state index contributed by atoms with van der Waals surface area (Å²) in [5.74, 6) is 0.484.